The second-order valence-electron chi connectivity index (χ2n) is 4.29. The van der Waals surface area contributed by atoms with Gasteiger partial charge < -0.3 is 5.32 Å². The first-order valence-corrected chi connectivity index (χ1v) is 6.46. The summed E-state index contributed by atoms with van der Waals surface area (Å²) in [6.45, 7) is 2.33. The van der Waals surface area contributed by atoms with Crippen LogP contribution in [0, 0.1) is 18.3 Å². The summed E-state index contributed by atoms with van der Waals surface area (Å²) < 4.78 is 1.70. The zero-order chi connectivity index (χ0) is 14.5. The van der Waals surface area contributed by atoms with E-state index in [1.165, 1.54) is 0 Å². The number of aromatic nitrogens is 2. The molecule has 1 amide bonds. The van der Waals surface area contributed by atoms with Gasteiger partial charge in [0.1, 0.15) is 0 Å². The minimum absolute atomic E-state index is 0.110. The number of amides is 1. The molecule has 5 nitrogen and oxygen atoms in total. The van der Waals surface area contributed by atoms with E-state index < -0.39 is 0 Å². The number of carbonyl (C=O) groups is 1. The lowest BCUT2D eigenvalue weighted by Gasteiger charge is -2.06. The van der Waals surface area contributed by atoms with Crippen LogP contribution in [0.3, 0.4) is 0 Å². The van der Waals surface area contributed by atoms with Crippen LogP contribution >= 0.6 is 11.6 Å². The van der Waals surface area contributed by atoms with Gasteiger partial charge in [-0.15, -0.1) is 0 Å². The fourth-order valence-corrected chi connectivity index (χ4v) is 1.85. The van der Waals surface area contributed by atoms with Crippen molar-refractivity contribution in [3.05, 3.63) is 46.7 Å². The molecule has 20 heavy (non-hydrogen) atoms. The maximum absolute atomic E-state index is 11.8. The maximum Gasteiger partial charge on any atom is 0.226 e. The minimum Gasteiger partial charge on any atom is -0.326 e. The van der Waals surface area contributed by atoms with E-state index in [4.69, 9.17) is 16.9 Å². The molecule has 0 atom stereocenters. The third-order valence-electron chi connectivity index (χ3n) is 2.89. The van der Waals surface area contributed by atoms with Gasteiger partial charge in [0, 0.05) is 12.1 Å². The lowest BCUT2D eigenvalue weighted by Crippen LogP contribution is -2.15. The highest BCUT2D eigenvalue weighted by Crippen LogP contribution is 2.14. The lowest BCUT2D eigenvalue weighted by molar-refractivity contribution is -0.116. The predicted molar refractivity (Wildman–Crippen MR) is 76.4 cm³/mol. The molecule has 102 valence electrons. The number of nitrogens with one attached hydrogen (secondary N) is 1. The summed E-state index contributed by atoms with van der Waals surface area (Å²) in [6, 6.07) is 8.75. The summed E-state index contributed by atoms with van der Waals surface area (Å²) in [7, 11) is 0. The van der Waals surface area contributed by atoms with Crippen LogP contribution in [-0.4, -0.2) is 15.7 Å². The number of hydrogen-bond acceptors (Lipinski definition) is 3. The van der Waals surface area contributed by atoms with Crippen LogP contribution in [0.15, 0.2) is 30.5 Å². The molecule has 2 rings (SSSR count). The molecule has 1 N–H and O–H groups in total. The van der Waals surface area contributed by atoms with Crippen molar-refractivity contribution in [1.82, 2.24) is 9.78 Å². The van der Waals surface area contributed by atoms with Gasteiger partial charge in [-0.1, -0.05) is 11.6 Å². The number of aryl methyl sites for hydroxylation is 1. The topological polar surface area (TPSA) is 70.7 Å². The van der Waals surface area contributed by atoms with E-state index in [0.717, 1.165) is 5.69 Å². The molecule has 0 spiro atoms. The molecule has 1 heterocycles. The van der Waals surface area contributed by atoms with Gasteiger partial charge in [0.2, 0.25) is 5.91 Å². The Morgan fingerprint density at radius 3 is 2.70 bits per heavy atom. The molecule has 0 saturated carbocycles. The fourth-order valence-electron chi connectivity index (χ4n) is 1.71. The van der Waals surface area contributed by atoms with Crippen molar-refractivity contribution < 1.29 is 4.79 Å². The van der Waals surface area contributed by atoms with Gasteiger partial charge in [-0.05, 0) is 31.2 Å². The van der Waals surface area contributed by atoms with Gasteiger partial charge in [0.25, 0.3) is 0 Å². The molecule has 0 saturated heterocycles. The Hall–Kier alpha value is -2.32. The van der Waals surface area contributed by atoms with Gasteiger partial charge in [-0.25, -0.2) is 0 Å². The molecule has 6 heteroatoms. The number of anilines is 1. The molecule has 0 aliphatic rings. The Morgan fingerprint density at radius 2 is 2.15 bits per heavy atom. The van der Waals surface area contributed by atoms with Crippen LogP contribution in [0.25, 0.3) is 0 Å². The monoisotopic (exact) mass is 288 g/mol. The fraction of sp³-hybridized carbons (Fsp3) is 0.214. The first kappa shape index (κ1) is 14.1. The molecule has 0 unspecified atom stereocenters. The maximum atomic E-state index is 11.8. The van der Waals surface area contributed by atoms with E-state index in [-0.39, 0.29) is 5.91 Å². The van der Waals surface area contributed by atoms with Crippen molar-refractivity contribution in [2.75, 3.05) is 5.32 Å². The summed E-state index contributed by atoms with van der Waals surface area (Å²) in [6.07, 6.45) is 1.87. The van der Waals surface area contributed by atoms with Crippen LogP contribution in [-0.2, 0) is 11.3 Å². The van der Waals surface area contributed by atoms with Gasteiger partial charge >= 0.3 is 0 Å². The van der Waals surface area contributed by atoms with Crippen LogP contribution < -0.4 is 5.32 Å². The summed E-state index contributed by atoms with van der Waals surface area (Å²) in [4.78, 5) is 11.8. The molecule has 1 aromatic carbocycles. The Balaban J connectivity index is 1.89. The predicted octanol–water partition coefficient (Wildman–Crippen LogP) is 2.75. The molecular weight excluding hydrogens is 276 g/mol. The number of carbonyl (C=O) groups excluding carboxylic acids is 1. The van der Waals surface area contributed by atoms with Crippen LogP contribution in [0.5, 0.6) is 0 Å². The Bertz CT molecular complexity index is 655. The van der Waals surface area contributed by atoms with Gasteiger partial charge in [0.05, 0.1) is 35.1 Å². The third-order valence-corrected chi connectivity index (χ3v) is 3.26. The molecule has 0 radical (unpaired) electrons. The summed E-state index contributed by atoms with van der Waals surface area (Å²) in [5.74, 6) is -0.110. The molecule has 0 aliphatic heterocycles. The minimum atomic E-state index is -0.110. The highest BCUT2D eigenvalue weighted by atomic mass is 35.5. The van der Waals surface area contributed by atoms with Gasteiger partial charge in [-0.3, -0.25) is 9.48 Å². The zero-order valence-corrected chi connectivity index (χ0v) is 11.7. The lowest BCUT2D eigenvalue weighted by atomic mass is 10.2. The quantitative estimate of drug-likeness (QED) is 0.940. The van der Waals surface area contributed by atoms with Crippen molar-refractivity contribution in [3.63, 3.8) is 0 Å². The van der Waals surface area contributed by atoms with Crippen LogP contribution in [0.1, 0.15) is 17.7 Å². The number of rotatable bonds is 4. The largest absolute Gasteiger partial charge is 0.326 e. The number of halogens is 1. The first-order valence-electron chi connectivity index (χ1n) is 6.08. The van der Waals surface area contributed by atoms with Crippen molar-refractivity contribution in [1.29, 1.82) is 5.26 Å². The molecule has 0 fully saturated rings. The van der Waals surface area contributed by atoms with Gasteiger partial charge in [0.15, 0.2) is 0 Å². The summed E-state index contributed by atoms with van der Waals surface area (Å²) in [5.41, 5.74) is 2.08. The molecular formula is C14H13ClN4O. The van der Waals surface area contributed by atoms with Crippen LogP contribution in [0.2, 0.25) is 5.02 Å². The number of nitriles is 1. The normalized spacial score (nSPS) is 10.1. The molecule has 0 aliphatic carbocycles. The van der Waals surface area contributed by atoms with E-state index >= 15 is 0 Å². The van der Waals surface area contributed by atoms with E-state index in [0.29, 0.717) is 29.2 Å². The Labute approximate surface area is 121 Å². The highest BCUT2D eigenvalue weighted by Gasteiger charge is 2.07. The summed E-state index contributed by atoms with van der Waals surface area (Å²) in [5, 5.41) is 16.1. The van der Waals surface area contributed by atoms with E-state index in [1.807, 2.05) is 13.0 Å². The SMILES string of the molecule is Cc1c(Cl)cnn1CCC(=O)Nc1ccc(C#N)cc1. The van der Waals surface area contributed by atoms with E-state index in [9.17, 15) is 4.79 Å². The standard InChI is InChI=1S/C14H13ClN4O/c1-10-13(15)9-17-19(10)7-6-14(20)18-12-4-2-11(8-16)3-5-12/h2-5,9H,6-7H2,1H3,(H,18,20). The number of benzene rings is 1. The molecule has 1 aromatic heterocycles. The van der Waals surface area contributed by atoms with E-state index in [1.54, 1.807) is 35.1 Å². The van der Waals surface area contributed by atoms with Crippen LogP contribution in [0.4, 0.5) is 5.69 Å². The van der Waals surface area contributed by atoms with Crippen molar-refractivity contribution in [3.8, 4) is 6.07 Å². The first-order chi connectivity index (χ1) is 9.60. The molecule has 0 bridgehead atoms. The Kier molecular flexibility index (Phi) is 4.38. The van der Waals surface area contributed by atoms with E-state index in [2.05, 4.69) is 10.4 Å². The van der Waals surface area contributed by atoms with Gasteiger partial charge in [-0.2, -0.15) is 10.4 Å². The van der Waals surface area contributed by atoms with Crippen molar-refractivity contribution in [2.45, 2.75) is 19.9 Å². The average Bonchev–Trinajstić information content (AvgIpc) is 2.77. The average molecular weight is 289 g/mol. The van der Waals surface area contributed by atoms with Crippen molar-refractivity contribution in [2.24, 2.45) is 0 Å². The summed E-state index contributed by atoms with van der Waals surface area (Å²) >= 11 is 5.89. The highest BCUT2D eigenvalue weighted by molar-refractivity contribution is 6.31. The smallest absolute Gasteiger partial charge is 0.226 e. The van der Waals surface area contributed by atoms with Crippen molar-refractivity contribution >= 4 is 23.2 Å². The Morgan fingerprint density at radius 1 is 1.45 bits per heavy atom. The second-order valence-corrected chi connectivity index (χ2v) is 4.70. The second kappa shape index (κ2) is 6.22. The third kappa shape index (κ3) is 3.37. The molecule has 2 aromatic rings. The zero-order valence-electron chi connectivity index (χ0n) is 10.9. The number of nitrogens with zero attached hydrogens (tertiary/aromatic N) is 3. The number of hydrogen-bond donors (Lipinski definition) is 1.